The Kier molecular flexibility index (Phi) is 3.12. The summed E-state index contributed by atoms with van der Waals surface area (Å²) in [6.07, 6.45) is 6.34. The normalized spacial score (nSPS) is 17.1. The van der Waals surface area contributed by atoms with Gasteiger partial charge in [-0.05, 0) is 36.1 Å². The van der Waals surface area contributed by atoms with Gasteiger partial charge in [0, 0.05) is 6.42 Å². The van der Waals surface area contributed by atoms with Crippen molar-refractivity contribution in [3.63, 3.8) is 0 Å². The highest BCUT2D eigenvalue weighted by molar-refractivity contribution is 6.02. The van der Waals surface area contributed by atoms with E-state index in [-0.39, 0.29) is 17.1 Å². The molecule has 21 heavy (non-hydrogen) atoms. The number of nitrogen functional groups attached to an aromatic ring is 1. The van der Waals surface area contributed by atoms with Crippen molar-refractivity contribution in [2.24, 2.45) is 5.41 Å². The highest BCUT2D eigenvalue weighted by Crippen LogP contribution is 2.35. The van der Waals surface area contributed by atoms with E-state index in [1.54, 1.807) is 24.5 Å². The quantitative estimate of drug-likeness (QED) is 0.916. The summed E-state index contributed by atoms with van der Waals surface area (Å²) in [6.45, 7) is 4.12. The van der Waals surface area contributed by atoms with Crippen molar-refractivity contribution >= 4 is 23.9 Å². The van der Waals surface area contributed by atoms with Gasteiger partial charge in [-0.3, -0.25) is 4.79 Å². The molecule has 1 aliphatic carbocycles. The lowest BCUT2D eigenvalue weighted by atomic mass is 9.75. The van der Waals surface area contributed by atoms with Gasteiger partial charge in [0.25, 0.3) is 0 Å². The number of ketones is 1. The molecule has 5 nitrogen and oxygen atoms in total. The number of nitrogens with zero attached hydrogens (tertiary/aromatic N) is 2. The summed E-state index contributed by atoms with van der Waals surface area (Å²) in [4.78, 5) is 20.9. The molecule has 0 fully saturated rings. The highest BCUT2D eigenvalue weighted by atomic mass is 16.3. The van der Waals surface area contributed by atoms with Crippen molar-refractivity contribution in [2.45, 2.75) is 26.7 Å². The molecule has 3 rings (SSSR count). The lowest BCUT2D eigenvalue weighted by molar-refractivity contribution is 0.0909. The van der Waals surface area contributed by atoms with Crippen molar-refractivity contribution < 1.29 is 9.21 Å². The van der Waals surface area contributed by atoms with E-state index in [0.717, 1.165) is 12.1 Å². The minimum atomic E-state index is -0.0904. The van der Waals surface area contributed by atoms with Gasteiger partial charge >= 0.3 is 0 Å². The monoisotopic (exact) mass is 283 g/mol. The molecule has 2 aromatic rings. The van der Waals surface area contributed by atoms with Crippen LogP contribution in [0.2, 0.25) is 0 Å². The van der Waals surface area contributed by atoms with Crippen LogP contribution in [0.25, 0.3) is 12.2 Å². The van der Waals surface area contributed by atoms with Crippen molar-refractivity contribution in [1.29, 1.82) is 0 Å². The van der Waals surface area contributed by atoms with Gasteiger partial charge in [0.2, 0.25) is 5.95 Å². The van der Waals surface area contributed by atoms with Crippen LogP contribution >= 0.6 is 0 Å². The Morgan fingerprint density at radius 2 is 2.10 bits per heavy atom. The lowest BCUT2D eigenvalue weighted by Gasteiger charge is -2.29. The summed E-state index contributed by atoms with van der Waals surface area (Å²) in [7, 11) is 0. The summed E-state index contributed by atoms with van der Waals surface area (Å²) >= 11 is 0. The summed E-state index contributed by atoms with van der Waals surface area (Å²) in [5, 5.41) is 0. The molecule has 0 bridgehead atoms. The fourth-order valence-electron chi connectivity index (χ4n) is 2.68. The van der Waals surface area contributed by atoms with Crippen LogP contribution in [-0.4, -0.2) is 15.8 Å². The second-order valence-corrected chi connectivity index (χ2v) is 6.08. The zero-order chi connectivity index (χ0) is 15.0. The van der Waals surface area contributed by atoms with E-state index >= 15 is 0 Å². The van der Waals surface area contributed by atoms with Gasteiger partial charge in [-0.1, -0.05) is 13.8 Å². The Bertz CT molecular complexity index is 715. The number of anilines is 1. The zero-order valence-corrected chi connectivity index (χ0v) is 12.1. The first-order chi connectivity index (χ1) is 9.94. The fraction of sp³-hybridized carbons (Fsp3) is 0.312. The molecule has 5 heteroatoms. The van der Waals surface area contributed by atoms with E-state index in [4.69, 9.17) is 10.2 Å². The highest BCUT2D eigenvalue weighted by Gasteiger charge is 2.34. The number of hydrogen-bond acceptors (Lipinski definition) is 5. The van der Waals surface area contributed by atoms with Crippen molar-refractivity contribution in [1.82, 2.24) is 9.97 Å². The standard InChI is InChI=1S/C16H17N3O2/c1-16(2)8-12-14(13(20)9-16)11(18-15(17)19-12)6-5-10-4-3-7-21-10/h3-7H,8-9H2,1-2H3,(H2,17,18,19)/b6-5+. The average molecular weight is 283 g/mol. The molecule has 0 unspecified atom stereocenters. The molecule has 0 saturated heterocycles. The number of Topliss-reactive ketones (excluding diaryl/α,β-unsaturated/α-hetero) is 1. The Labute approximate surface area is 122 Å². The van der Waals surface area contributed by atoms with Gasteiger partial charge in [-0.25, -0.2) is 9.97 Å². The van der Waals surface area contributed by atoms with E-state index in [0.29, 0.717) is 23.4 Å². The molecular formula is C16H17N3O2. The number of nitrogens with two attached hydrogens (primary N) is 1. The molecule has 1 aliphatic rings. The maximum atomic E-state index is 12.4. The largest absolute Gasteiger partial charge is 0.465 e. The summed E-state index contributed by atoms with van der Waals surface area (Å²) in [6, 6.07) is 3.63. The van der Waals surface area contributed by atoms with Gasteiger partial charge in [0.1, 0.15) is 5.76 Å². The average Bonchev–Trinajstić information content (AvgIpc) is 2.86. The Hall–Kier alpha value is -2.43. The first-order valence-electron chi connectivity index (χ1n) is 6.86. The first kappa shape index (κ1) is 13.5. The van der Waals surface area contributed by atoms with Gasteiger partial charge in [0.15, 0.2) is 5.78 Å². The molecule has 0 aliphatic heterocycles. The van der Waals surface area contributed by atoms with Crippen molar-refractivity contribution in [3.8, 4) is 0 Å². The molecule has 0 radical (unpaired) electrons. The number of carbonyl (C=O) groups excluding carboxylic acids is 1. The van der Waals surface area contributed by atoms with Gasteiger partial charge in [-0.2, -0.15) is 0 Å². The van der Waals surface area contributed by atoms with Crippen LogP contribution in [0.3, 0.4) is 0 Å². The number of fused-ring (bicyclic) bond motifs is 1. The molecule has 0 amide bonds. The van der Waals surface area contributed by atoms with E-state index in [1.165, 1.54) is 0 Å². The minimum Gasteiger partial charge on any atom is -0.465 e. The number of aromatic nitrogens is 2. The Morgan fingerprint density at radius 1 is 1.29 bits per heavy atom. The second kappa shape index (κ2) is 4.84. The van der Waals surface area contributed by atoms with Crippen molar-refractivity contribution in [3.05, 3.63) is 41.1 Å². The lowest BCUT2D eigenvalue weighted by Crippen LogP contribution is -2.29. The van der Waals surface area contributed by atoms with Gasteiger partial charge in [-0.15, -0.1) is 0 Å². The fourth-order valence-corrected chi connectivity index (χ4v) is 2.68. The topological polar surface area (TPSA) is 82.0 Å². The molecule has 2 aromatic heterocycles. The maximum absolute atomic E-state index is 12.4. The van der Waals surface area contributed by atoms with Crippen LogP contribution in [-0.2, 0) is 6.42 Å². The number of hydrogen-bond donors (Lipinski definition) is 1. The van der Waals surface area contributed by atoms with Crippen molar-refractivity contribution in [2.75, 3.05) is 5.73 Å². The minimum absolute atomic E-state index is 0.0698. The maximum Gasteiger partial charge on any atom is 0.220 e. The number of furan rings is 1. The first-order valence-corrected chi connectivity index (χ1v) is 6.86. The molecule has 108 valence electrons. The van der Waals surface area contributed by atoms with Crippen LogP contribution < -0.4 is 5.73 Å². The van der Waals surface area contributed by atoms with E-state index in [1.807, 2.05) is 6.07 Å². The third-order valence-electron chi connectivity index (χ3n) is 3.54. The third kappa shape index (κ3) is 2.72. The molecule has 0 spiro atoms. The predicted molar refractivity (Wildman–Crippen MR) is 80.5 cm³/mol. The molecule has 2 heterocycles. The van der Waals surface area contributed by atoms with E-state index < -0.39 is 0 Å². The predicted octanol–water partition coefficient (Wildman–Crippen LogP) is 2.98. The smallest absolute Gasteiger partial charge is 0.220 e. The van der Waals surface area contributed by atoms with Crippen LogP contribution in [0, 0.1) is 5.41 Å². The zero-order valence-electron chi connectivity index (χ0n) is 12.1. The third-order valence-corrected chi connectivity index (χ3v) is 3.54. The van der Waals surface area contributed by atoms with Crippen LogP contribution in [0.5, 0.6) is 0 Å². The summed E-state index contributed by atoms with van der Waals surface area (Å²) in [5.41, 5.74) is 7.58. The number of carbonyl (C=O) groups is 1. The Balaban J connectivity index is 2.06. The van der Waals surface area contributed by atoms with Crippen LogP contribution in [0.1, 0.15) is 47.8 Å². The van der Waals surface area contributed by atoms with E-state index in [2.05, 4.69) is 23.8 Å². The van der Waals surface area contributed by atoms with Crippen LogP contribution in [0.15, 0.2) is 22.8 Å². The molecule has 0 atom stereocenters. The van der Waals surface area contributed by atoms with E-state index in [9.17, 15) is 4.79 Å². The van der Waals surface area contributed by atoms with Gasteiger partial charge in [0.05, 0.1) is 23.2 Å². The van der Waals surface area contributed by atoms with Gasteiger partial charge < -0.3 is 10.2 Å². The Morgan fingerprint density at radius 3 is 2.81 bits per heavy atom. The molecule has 0 aromatic carbocycles. The second-order valence-electron chi connectivity index (χ2n) is 6.08. The molecule has 2 N–H and O–H groups in total. The number of rotatable bonds is 2. The summed E-state index contributed by atoms with van der Waals surface area (Å²) in [5.74, 6) is 0.961. The summed E-state index contributed by atoms with van der Waals surface area (Å²) < 4.78 is 5.24. The SMILES string of the molecule is CC1(C)CC(=O)c2c(/C=C/c3ccco3)nc(N)nc2C1. The molecular weight excluding hydrogens is 266 g/mol. The molecule has 0 saturated carbocycles. The van der Waals surface area contributed by atoms with Crippen LogP contribution in [0.4, 0.5) is 5.95 Å².